The Bertz CT molecular complexity index is 509. The van der Waals surface area contributed by atoms with Crippen LogP contribution < -0.4 is 19.5 Å². The first-order valence-corrected chi connectivity index (χ1v) is 9.53. The Morgan fingerprint density at radius 1 is 0.920 bits per heavy atom. The molecular weight excluding hydrogens is 316 g/mol. The average Bonchev–Trinajstić information content (AvgIpc) is 2.69. The number of piperazine rings is 1. The summed E-state index contributed by atoms with van der Waals surface area (Å²) in [6.45, 7) is 4.23. The summed E-state index contributed by atoms with van der Waals surface area (Å²) in [4.78, 5) is 2.62. The van der Waals surface area contributed by atoms with E-state index in [2.05, 4.69) is 10.2 Å². The van der Waals surface area contributed by atoms with E-state index >= 15 is 0 Å². The Balaban J connectivity index is 2.04. The van der Waals surface area contributed by atoms with Crippen molar-refractivity contribution in [3.05, 3.63) is 17.7 Å². The van der Waals surface area contributed by atoms with E-state index in [1.807, 2.05) is 12.1 Å². The van der Waals surface area contributed by atoms with Gasteiger partial charge in [-0.25, -0.2) is 0 Å². The fourth-order valence-corrected chi connectivity index (χ4v) is 4.45. The Morgan fingerprint density at radius 3 is 2.04 bits per heavy atom. The van der Waals surface area contributed by atoms with Gasteiger partial charge in [0.15, 0.2) is 0 Å². The van der Waals surface area contributed by atoms with Gasteiger partial charge >= 0.3 is 0 Å². The number of rotatable bonds is 6. The van der Waals surface area contributed by atoms with Gasteiger partial charge in [0.05, 0.1) is 26.9 Å². The first kappa shape index (κ1) is 18.3. The molecule has 0 aromatic heterocycles. The van der Waals surface area contributed by atoms with E-state index < -0.39 is 0 Å². The molecule has 1 saturated carbocycles. The second-order valence-electron chi connectivity index (χ2n) is 7.07. The lowest BCUT2D eigenvalue weighted by molar-refractivity contribution is 0.0989. The molecule has 1 N–H and O–H groups in total. The van der Waals surface area contributed by atoms with E-state index in [0.29, 0.717) is 12.0 Å². The van der Waals surface area contributed by atoms with Gasteiger partial charge in [0.2, 0.25) is 0 Å². The molecule has 1 heterocycles. The van der Waals surface area contributed by atoms with Gasteiger partial charge in [0, 0.05) is 44.4 Å². The monoisotopic (exact) mass is 348 g/mol. The summed E-state index contributed by atoms with van der Waals surface area (Å²) < 4.78 is 17.0. The van der Waals surface area contributed by atoms with Gasteiger partial charge in [-0.1, -0.05) is 19.3 Å². The van der Waals surface area contributed by atoms with Gasteiger partial charge in [-0.15, -0.1) is 0 Å². The van der Waals surface area contributed by atoms with Crippen LogP contribution in [0.1, 0.15) is 43.7 Å². The van der Waals surface area contributed by atoms with Crippen LogP contribution in [-0.4, -0.2) is 52.4 Å². The Morgan fingerprint density at radius 2 is 1.52 bits per heavy atom. The Labute approximate surface area is 151 Å². The molecule has 0 radical (unpaired) electrons. The molecule has 140 valence electrons. The maximum Gasteiger partial charge on any atom is 0.131 e. The third kappa shape index (κ3) is 4.04. The van der Waals surface area contributed by atoms with E-state index in [-0.39, 0.29) is 0 Å². The highest BCUT2D eigenvalue weighted by molar-refractivity contribution is 5.52. The molecule has 2 aliphatic rings. The van der Waals surface area contributed by atoms with E-state index in [1.165, 1.54) is 37.7 Å². The summed E-state index contributed by atoms with van der Waals surface area (Å²) in [5.41, 5.74) is 1.19. The summed E-state index contributed by atoms with van der Waals surface area (Å²) in [6.07, 6.45) is 6.59. The highest BCUT2D eigenvalue weighted by Gasteiger charge is 2.35. The molecule has 5 heteroatoms. The van der Waals surface area contributed by atoms with Crippen LogP contribution in [0.25, 0.3) is 0 Å². The van der Waals surface area contributed by atoms with Crippen LogP contribution >= 0.6 is 0 Å². The third-order valence-electron chi connectivity index (χ3n) is 5.69. The van der Waals surface area contributed by atoms with Crippen molar-refractivity contribution in [2.45, 2.75) is 38.1 Å². The summed E-state index contributed by atoms with van der Waals surface area (Å²) in [5.74, 6) is 3.19. The molecule has 1 saturated heterocycles. The quantitative estimate of drug-likeness (QED) is 0.855. The Kier molecular flexibility index (Phi) is 6.43. The second-order valence-corrected chi connectivity index (χ2v) is 7.07. The van der Waals surface area contributed by atoms with Gasteiger partial charge in [-0.2, -0.15) is 0 Å². The molecule has 5 nitrogen and oxygen atoms in total. The highest BCUT2D eigenvalue weighted by Crippen LogP contribution is 2.47. The minimum absolute atomic E-state index is 0.346. The number of hydrogen-bond donors (Lipinski definition) is 1. The number of benzene rings is 1. The van der Waals surface area contributed by atoms with Crippen LogP contribution in [0.5, 0.6) is 17.2 Å². The SMILES string of the molecule is COc1cc(OC)c([C@H](C2CCCCC2)N2CCNCC2)c(OC)c1. The van der Waals surface area contributed by atoms with E-state index in [9.17, 15) is 0 Å². The van der Waals surface area contributed by atoms with Gasteiger partial charge in [-0.05, 0) is 18.8 Å². The van der Waals surface area contributed by atoms with Gasteiger partial charge in [0.1, 0.15) is 17.2 Å². The van der Waals surface area contributed by atoms with Crippen molar-refractivity contribution >= 4 is 0 Å². The number of ether oxygens (including phenoxy) is 3. The zero-order valence-electron chi connectivity index (χ0n) is 15.8. The molecular formula is C20H32N2O3. The smallest absolute Gasteiger partial charge is 0.131 e. The molecule has 1 aliphatic carbocycles. The number of nitrogens with one attached hydrogen (secondary N) is 1. The number of hydrogen-bond acceptors (Lipinski definition) is 5. The van der Waals surface area contributed by atoms with Gasteiger partial charge in [0.25, 0.3) is 0 Å². The van der Waals surface area contributed by atoms with Crippen LogP contribution in [0.15, 0.2) is 12.1 Å². The summed E-state index contributed by atoms with van der Waals surface area (Å²) in [6, 6.07) is 4.34. The van der Waals surface area contributed by atoms with Gasteiger partial charge < -0.3 is 19.5 Å². The fourth-order valence-electron chi connectivity index (χ4n) is 4.45. The lowest BCUT2D eigenvalue weighted by atomic mass is 9.79. The average molecular weight is 348 g/mol. The van der Waals surface area contributed by atoms with Crippen molar-refractivity contribution in [2.75, 3.05) is 47.5 Å². The fraction of sp³-hybridized carbons (Fsp3) is 0.700. The lowest BCUT2D eigenvalue weighted by Gasteiger charge is -2.42. The number of nitrogens with zero attached hydrogens (tertiary/aromatic N) is 1. The predicted octanol–water partition coefficient (Wildman–Crippen LogP) is 3.24. The second kappa shape index (κ2) is 8.77. The maximum absolute atomic E-state index is 5.79. The zero-order chi connectivity index (χ0) is 17.6. The molecule has 1 atom stereocenters. The molecule has 1 aliphatic heterocycles. The lowest BCUT2D eigenvalue weighted by Crippen LogP contribution is -2.47. The minimum atomic E-state index is 0.346. The zero-order valence-corrected chi connectivity index (χ0v) is 15.8. The topological polar surface area (TPSA) is 43.0 Å². The van der Waals surface area contributed by atoms with Crippen molar-refractivity contribution < 1.29 is 14.2 Å². The molecule has 25 heavy (non-hydrogen) atoms. The predicted molar refractivity (Wildman–Crippen MR) is 99.9 cm³/mol. The molecule has 1 aromatic rings. The summed E-state index contributed by atoms with van der Waals surface area (Å²) >= 11 is 0. The standard InChI is InChI=1S/C20H32N2O3/c1-23-16-13-17(24-2)19(18(14-16)25-3)20(15-7-5-4-6-8-15)22-11-9-21-10-12-22/h13-15,20-21H,4-12H2,1-3H3/t20-/m0/s1. The molecule has 0 spiro atoms. The van der Waals surface area contributed by atoms with E-state index in [4.69, 9.17) is 14.2 Å². The van der Waals surface area contributed by atoms with Gasteiger partial charge in [-0.3, -0.25) is 4.90 Å². The van der Waals surface area contributed by atoms with Crippen molar-refractivity contribution in [1.82, 2.24) is 10.2 Å². The minimum Gasteiger partial charge on any atom is -0.496 e. The van der Waals surface area contributed by atoms with Crippen LogP contribution in [0.4, 0.5) is 0 Å². The number of methoxy groups -OCH3 is 3. The normalized spacial score (nSPS) is 20.9. The first-order valence-electron chi connectivity index (χ1n) is 9.53. The van der Waals surface area contributed by atoms with Crippen molar-refractivity contribution in [3.8, 4) is 17.2 Å². The summed E-state index contributed by atoms with van der Waals surface area (Å²) in [5, 5.41) is 3.48. The largest absolute Gasteiger partial charge is 0.496 e. The van der Waals surface area contributed by atoms with Crippen molar-refractivity contribution in [2.24, 2.45) is 5.92 Å². The molecule has 2 fully saturated rings. The van der Waals surface area contributed by atoms with Crippen LogP contribution in [0.2, 0.25) is 0 Å². The van der Waals surface area contributed by atoms with Crippen LogP contribution in [-0.2, 0) is 0 Å². The highest BCUT2D eigenvalue weighted by atomic mass is 16.5. The van der Waals surface area contributed by atoms with E-state index in [1.54, 1.807) is 21.3 Å². The molecule has 0 unspecified atom stereocenters. The van der Waals surface area contributed by atoms with Crippen molar-refractivity contribution in [1.29, 1.82) is 0 Å². The van der Waals surface area contributed by atoms with E-state index in [0.717, 1.165) is 43.4 Å². The molecule has 0 amide bonds. The maximum atomic E-state index is 5.79. The molecule has 0 bridgehead atoms. The van der Waals surface area contributed by atoms with Crippen molar-refractivity contribution in [3.63, 3.8) is 0 Å². The third-order valence-corrected chi connectivity index (χ3v) is 5.69. The Hall–Kier alpha value is -1.46. The molecule has 3 rings (SSSR count). The molecule has 1 aromatic carbocycles. The first-order chi connectivity index (χ1) is 12.3. The van der Waals surface area contributed by atoms with Crippen LogP contribution in [0.3, 0.4) is 0 Å². The summed E-state index contributed by atoms with van der Waals surface area (Å²) in [7, 11) is 5.17. The van der Waals surface area contributed by atoms with Crippen LogP contribution in [0, 0.1) is 5.92 Å².